The molecule has 0 bridgehead atoms. The SMILES string of the molecule is O=C(c1ccc(Br)cc1)N1CC[C@@H](N2CCc3ccccc3C2)C1. The zero-order chi connectivity index (χ0) is 16.5. The third-order valence-electron chi connectivity index (χ3n) is 5.22. The Morgan fingerprint density at radius 2 is 1.75 bits per heavy atom. The topological polar surface area (TPSA) is 23.6 Å². The summed E-state index contributed by atoms with van der Waals surface area (Å²) in [6.07, 6.45) is 2.19. The highest BCUT2D eigenvalue weighted by Crippen LogP contribution is 2.25. The first kappa shape index (κ1) is 15.9. The number of hydrogen-bond donors (Lipinski definition) is 0. The van der Waals surface area contributed by atoms with Crippen LogP contribution < -0.4 is 0 Å². The molecule has 1 atom stereocenters. The smallest absolute Gasteiger partial charge is 0.253 e. The molecule has 124 valence electrons. The fourth-order valence-corrected chi connectivity index (χ4v) is 4.09. The number of carbonyl (C=O) groups is 1. The Kier molecular flexibility index (Phi) is 4.42. The van der Waals surface area contributed by atoms with E-state index in [4.69, 9.17) is 0 Å². The van der Waals surface area contributed by atoms with Gasteiger partial charge in [-0.15, -0.1) is 0 Å². The molecule has 1 fully saturated rings. The van der Waals surface area contributed by atoms with Gasteiger partial charge < -0.3 is 4.90 Å². The van der Waals surface area contributed by atoms with Crippen molar-refractivity contribution in [3.05, 3.63) is 69.7 Å². The van der Waals surface area contributed by atoms with Gasteiger partial charge in [0.1, 0.15) is 0 Å². The Morgan fingerprint density at radius 1 is 1.00 bits per heavy atom. The molecule has 2 heterocycles. The molecule has 0 N–H and O–H groups in total. The maximum atomic E-state index is 12.7. The maximum Gasteiger partial charge on any atom is 0.253 e. The van der Waals surface area contributed by atoms with Crippen LogP contribution in [0.2, 0.25) is 0 Å². The summed E-state index contributed by atoms with van der Waals surface area (Å²) >= 11 is 3.42. The van der Waals surface area contributed by atoms with Gasteiger partial charge in [0, 0.05) is 42.3 Å². The fourth-order valence-electron chi connectivity index (χ4n) is 3.83. The van der Waals surface area contributed by atoms with Gasteiger partial charge in [0.25, 0.3) is 5.91 Å². The molecule has 0 radical (unpaired) electrons. The number of rotatable bonds is 2. The molecular weight excluding hydrogens is 364 g/mol. The normalized spacial score (nSPS) is 20.9. The van der Waals surface area contributed by atoms with E-state index in [0.717, 1.165) is 49.1 Å². The van der Waals surface area contributed by atoms with E-state index in [9.17, 15) is 4.79 Å². The molecule has 0 saturated carbocycles. The Hall–Kier alpha value is -1.65. The lowest BCUT2D eigenvalue weighted by Gasteiger charge is -2.33. The molecule has 0 spiro atoms. The van der Waals surface area contributed by atoms with Crippen molar-refractivity contribution in [2.75, 3.05) is 19.6 Å². The number of fused-ring (bicyclic) bond motifs is 1. The van der Waals surface area contributed by atoms with Crippen molar-refractivity contribution in [3.63, 3.8) is 0 Å². The van der Waals surface area contributed by atoms with E-state index in [-0.39, 0.29) is 5.91 Å². The number of nitrogens with zero attached hydrogens (tertiary/aromatic N) is 2. The van der Waals surface area contributed by atoms with Crippen LogP contribution in [0.3, 0.4) is 0 Å². The highest BCUT2D eigenvalue weighted by molar-refractivity contribution is 9.10. The lowest BCUT2D eigenvalue weighted by atomic mass is 9.98. The molecule has 2 aliphatic rings. The van der Waals surface area contributed by atoms with Crippen molar-refractivity contribution in [1.29, 1.82) is 0 Å². The first-order chi connectivity index (χ1) is 11.7. The van der Waals surface area contributed by atoms with E-state index in [1.165, 1.54) is 11.1 Å². The average molecular weight is 385 g/mol. The van der Waals surface area contributed by atoms with Gasteiger partial charge in [-0.25, -0.2) is 0 Å². The van der Waals surface area contributed by atoms with Crippen LogP contribution in [0.4, 0.5) is 0 Å². The molecule has 0 aromatic heterocycles. The first-order valence-electron chi connectivity index (χ1n) is 8.56. The molecule has 2 aromatic carbocycles. The van der Waals surface area contributed by atoms with E-state index < -0.39 is 0 Å². The van der Waals surface area contributed by atoms with E-state index in [1.807, 2.05) is 29.2 Å². The van der Waals surface area contributed by atoms with Crippen molar-refractivity contribution >= 4 is 21.8 Å². The molecule has 4 rings (SSSR count). The zero-order valence-electron chi connectivity index (χ0n) is 13.6. The minimum Gasteiger partial charge on any atom is -0.337 e. The third kappa shape index (κ3) is 3.13. The molecule has 2 aromatic rings. The van der Waals surface area contributed by atoms with E-state index in [0.29, 0.717) is 6.04 Å². The van der Waals surface area contributed by atoms with Gasteiger partial charge in [0.05, 0.1) is 0 Å². The fraction of sp³-hybridized carbons (Fsp3) is 0.350. The molecule has 3 nitrogen and oxygen atoms in total. The number of likely N-dealkylation sites (tertiary alicyclic amines) is 1. The molecule has 24 heavy (non-hydrogen) atoms. The zero-order valence-corrected chi connectivity index (χ0v) is 15.2. The molecule has 1 saturated heterocycles. The average Bonchev–Trinajstić information content (AvgIpc) is 3.11. The van der Waals surface area contributed by atoms with Crippen LogP contribution in [0.1, 0.15) is 27.9 Å². The number of carbonyl (C=O) groups excluding carboxylic acids is 1. The summed E-state index contributed by atoms with van der Waals surface area (Å²) in [7, 11) is 0. The summed E-state index contributed by atoms with van der Waals surface area (Å²) in [4.78, 5) is 17.2. The lowest BCUT2D eigenvalue weighted by Crippen LogP contribution is -2.41. The molecule has 0 aliphatic carbocycles. The Labute approximate surface area is 151 Å². The second-order valence-electron chi connectivity index (χ2n) is 6.69. The molecule has 0 unspecified atom stereocenters. The van der Waals surface area contributed by atoms with Crippen LogP contribution in [0.15, 0.2) is 53.0 Å². The van der Waals surface area contributed by atoms with Gasteiger partial charge in [-0.1, -0.05) is 40.2 Å². The first-order valence-corrected chi connectivity index (χ1v) is 9.36. The quantitative estimate of drug-likeness (QED) is 0.787. The van der Waals surface area contributed by atoms with Crippen LogP contribution in [0, 0.1) is 0 Å². The Balaban J connectivity index is 1.42. The molecule has 4 heteroatoms. The number of hydrogen-bond acceptors (Lipinski definition) is 2. The maximum absolute atomic E-state index is 12.7. The third-order valence-corrected chi connectivity index (χ3v) is 5.75. The predicted octanol–water partition coefficient (Wildman–Crippen LogP) is 3.72. The molecule has 2 aliphatic heterocycles. The van der Waals surface area contributed by atoms with Gasteiger partial charge in [-0.3, -0.25) is 9.69 Å². The number of amides is 1. The van der Waals surface area contributed by atoms with Gasteiger partial charge >= 0.3 is 0 Å². The van der Waals surface area contributed by atoms with Crippen molar-refractivity contribution in [1.82, 2.24) is 9.80 Å². The van der Waals surface area contributed by atoms with Gasteiger partial charge in [0.15, 0.2) is 0 Å². The van der Waals surface area contributed by atoms with Crippen molar-refractivity contribution in [3.8, 4) is 0 Å². The second-order valence-corrected chi connectivity index (χ2v) is 7.61. The standard InChI is InChI=1S/C20H21BrN2O/c21-18-7-5-16(6-8-18)20(24)23-12-10-19(14-23)22-11-9-15-3-1-2-4-17(15)13-22/h1-8,19H,9-14H2/t19-/m1/s1. The minimum absolute atomic E-state index is 0.155. The summed E-state index contributed by atoms with van der Waals surface area (Å²) in [5, 5.41) is 0. The summed E-state index contributed by atoms with van der Waals surface area (Å²) in [6, 6.07) is 16.9. The van der Waals surface area contributed by atoms with Crippen LogP contribution in [0.5, 0.6) is 0 Å². The van der Waals surface area contributed by atoms with E-state index in [2.05, 4.69) is 45.1 Å². The largest absolute Gasteiger partial charge is 0.337 e. The monoisotopic (exact) mass is 384 g/mol. The van der Waals surface area contributed by atoms with Crippen molar-refractivity contribution in [2.45, 2.75) is 25.4 Å². The van der Waals surface area contributed by atoms with E-state index >= 15 is 0 Å². The lowest BCUT2D eigenvalue weighted by molar-refractivity contribution is 0.0773. The summed E-state index contributed by atoms with van der Waals surface area (Å²) in [6.45, 7) is 3.82. The van der Waals surface area contributed by atoms with Crippen LogP contribution in [-0.4, -0.2) is 41.4 Å². The van der Waals surface area contributed by atoms with Crippen LogP contribution >= 0.6 is 15.9 Å². The molecular formula is C20H21BrN2O. The summed E-state index contributed by atoms with van der Waals surface area (Å²) in [5.74, 6) is 0.155. The molecule has 1 amide bonds. The van der Waals surface area contributed by atoms with Crippen molar-refractivity contribution in [2.24, 2.45) is 0 Å². The van der Waals surface area contributed by atoms with Crippen molar-refractivity contribution < 1.29 is 4.79 Å². The van der Waals surface area contributed by atoms with Gasteiger partial charge in [-0.2, -0.15) is 0 Å². The Bertz CT molecular complexity index is 744. The van der Waals surface area contributed by atoms with Crippen LogP contribution in [-0.2, 0) is 13.0 Å². The number of benzene rings is 2. The Morgan fingerprint density at radius 3 is 2.54 bits per heavy atom. The second kappa shape index (κ2) is 6.69. The summed E-state index contributed by atoms with van der Waals surface area (Å²) < 4.78 is 1.00. The van der Waals surface area contributed by atoms with Gasteiger partial charge in [0.2, 0.25) is 0 Å². The van der Waals surface area contributed by atoms with Gasteiger partial charge in [-0.05, 0) is 48.2 Å². The van der Waals surface area contributed by atoms with E-state index in [1.54, 1.807) is 0 Å². The predicted molar refractivity (Wildman–Crippen MR) is 99.0 cm³/mol. The van der Waals surface area contributed by atoms with Crippen LogP contribution in [0.25, 0.3) is 0 Å². The minimum atomic E-state index is 0.155. The highest BCUT2D eigenvalue weighted by atomic mass is 79.9. The number of halogens is 1. The summed E-state index contributed by atoms with van der Waals surface area (Å²) in [5.41, 5.74) is 3.71. The highest BCUT2D eigenvalue weighted by Gasteiger charge is 2.32.